The van der Waals surface area contributed by atoms with Crippen molar-refractivity contribution >= 4 is 0 Å². The Bertz CT molecular complexity index is 286. The first-order valence-electron chi connectivity index (χ1n) is 6.79. The molecule has 0 radical (unpaired) electrons. The average molecular weight is 265 g/mol. The summed E-state index contributed by atoms with van der Waals surface area (Å²) < 4.78 is 43.0. The van der Waals surface area contributed by atoms with Crippen molar-refractivity contribution in [3.05, 3.63) is 0 Å². The molecule has 0 amide bonds. The minimum atomic E-state index is -4.25. The first kappa shape index (κ1) is 14.1. The summed E-state index contributed by atoms with van der Waals surface area (Å²) in [5.41, 5.74) is -0.0491. The van der Waals surface area contributed by atoms with Gasteiger partial charge < -0.3 is 10.1 Å². The second-order valence-electron chi connectivity index (χ2n) is 5.68. The standard InChI is InChI=1S/C13H22F3NO/c1-9(13(14,15)16)18-11-8-10(17-2)12(11)6-4-3-5-7-12/h9-11,17H,3-8H2,1-2H3. The number of hydrogen-bond donors (Lipinski definition) is 1. The monoisotopic (exact) mass is 265 g/mol. The molecule has 18 heavy (non-hydrogen) atoms. The normalized spacial score (nSPS) is 33.2. The van der Waals surface area contributed by atoms with Gasteiger partial charge in [0.05, 0.1) is 6.10 Å². The third-order valence-corrected chi connectivity index (χ3v) is 4.75. The highest BCUT2D eigenvalue weighted by atomic mass is 19.4. The van der Waals surface area contributed by atoms with E-state index in [-0.39, 0.29) is 11.5 Å². The molecule has 0 aromatic carbocycles. The Morgan fingerprint density at radius 1 is 1.22 bits per heavy atom. The highest BCUT2D eigenvalue weighted by Gasteiger charge is 2.56. The van der Waals surface area contributed by atoms with Gasteiger partial charge in [-0.05, 0) is 33.2 Å². The maximum atomic E-state index is 12.6. The first-order valence-corrected chi connectivity index (χ1v) is 6.79. The molecular weight excluding hydrogens is 243 g/mol. The zero-order chi connectivity index (χ0) is 13.4. The van der Waals surface area contributed by atoms with Gasteiger partial charge in [-0.25, -0.2) is 0 Å². The summed E-state index contributed by atoms with van der Waals surface area (Å²) in [6, 6.07) is 0.322. The van der Waals surface area contributed by atoms with Crippen LogP contribution in [-0.4, -0.2) is 31.5 Å². The van der Waals surface area contributed by atoms with Gasteiger partial charge in [0.25, 0.3) is 0 Å². The Morgan fingerprint density at radius 3 is 2.33 bits per heavy atom. The molecule has 3 atom stereocenters. The van der Waals surface area contributed by atoms with E-state index in [1.165, 1.54) is 6.42 Å². The van der Waals surface area contributed by atoms with Gasteiger partial charge in [-0.3, -0.25) is 0 Å². The molecule has 0 aliphatic heterocycles. The van der Waals surface area contributed by atoms with Gasteiger partial charge in [-0.2, -0.15) is 13.2 Å². The molecule has 1 N–H and O–H groups in total. The van der Waals surface area contributed by atoms with E-state index < -0.39 is 12.3 Å². The van der Waals surface area contributed by atoms with Crippen LogP contribution in [0.3, 0.4) is 0 Å². The maximum absolute atomic E-state index is 12.6. The first-order chi connectivity index (χ1) is 8.40. The van der Waals surface area contributed by atoms with Crippen molar-refractivity contribution in [3.8, 4) is 0 Å². The summed E-state index contributed by atoms with van der Waals surface area (Å²) >= 11 is 0. The van der Waals surface area contributed by atoms with Crippen LogP contribution in [0.4, 0.5) is 13.2 Å². The lowest BCUT2D eigenvalue weighted by molar-refractivity contribution is -0.264. The second-order valence-corrected chi connectivity index (χ2v) is 5.68. The van der Waals surface area contributed by atoms with Crippen molar-refractivity contribution in [1.82, 2.24) is 5.32 Å². The predicted molar refractivity (Wildman–Crippen MR) is 63.4 cm³/mol. The van der Waals surface area contributed by atoms with Gasteiger partial charge in [0.1, 0.15) is 0 Å². The van der Waals surface area contributed by atoms with E-state index in [0.29, 0.717) is 12.5 Å². The van der Waals surface area contributed by atoms with Crippen LogP contribution in [0.5, 0.6) is 0 Å². The van der Waals surface area contributed by atoms with E-state index in [2.05, 4.69) is 5.32 Å². The zero-order valence-electron chi connectivity index (χ0n) is 11.0. The summed E-state index contributed by atoms with van der Waals surface area (Å²) in [6.07, 6.45) is -0.0266. The van der Waals surface area contributed by atoms with Gasteiger partial charge in [-0.15, -0.1) is 0 Å². The van der Waals surface area contributed by atoms with Crippen molar-refractivity contribution in [1.29, 1.82) is 0 Å². The van der Waals surface area contributed by atoms with Crippen LogP contribution in [0.15, 0.2) is 0 Å². The van der Waals surface area contributed by atoms with Crippen LogP contribution in [0.25, 0.3) is 0 Å². The summed E-state index contributed by atoms with van der Waals surface area (Å²) in [5, 5.41) is 3.24. The molecule has 2 aliphatic carbocycles. The molecule has 2 aliphatic rings. The third kappa shape index (κ3) is 2.39. The Kier molecular flexibility index (Phi) is 3.93. The Labute approximate surface area is 106 Å². The van der Waals surface area contributed by atoms with Gasteiger partial charge in [-0.1, -0.05) is 19.3 Å². The summed E-state index contributed by atoms with van der Waals surface area (Å²) in [5.74, 6) is 0. The van der Waals surface area contributed by atoms with Crippen molar-refractivity contribution in [2.75, 3.05) is 7.05 Å². The molecule has 0 saturated heterocycles. The Balaban J connectivity index is 2.01. The molecule has 0 bridgehead atoms. The number of ether oxygens (including phenoxy) is 1. The molecule has 0 heterocycles. The molecule has 106 valence electrons. The highest BCUT2D eigenvalue weighted by molar-refractivity contribution is 5.08. The fourth-order valence-electron chi connectivity index (χ4n) is 3.55. The Hall–Kier alpha value is -0.290. The summed E-state index contributed by atoms with van der Waals surface area (Å²) in [7, 11) is 1.89. The molecule has 2 fully saturated rings. The molecular formula is C13H22F3NO. The van der Waals surface area contributed by atoms with E-state index in [1.807, 2.05) is 7.05 Å². The van der Waals surface area contributed by atoms with Crippen LogP contribution >= 0.6 is 0 Å². The molecule has 2 nitrogen and oxygen atoms in total. The number of nitrogens with one attached hydrogen (secondary N) is 1. The van der Waals surface area contributed by atoms with E-state index in [9.17, 15) is 13.2 Å². The lowest BCUT2D eigenvalue weighted by Crippen LogP contribution is -2.64. The van der Waals surface area contributed by atoms with Crippen LogP contribution in [0.1, 0.15) is 45.4 Å². The summed E-state index contributed by atoms with van der Waals surface area (Å²) in [6.45, 7) is 1.11. The van der Waals surface area contributed by atoms with Crippen molar-refractivity contribution in [2.45, 2.75) is 69.9 Å². The topological polar surface area (TPSA) is 21.3 Å². The molecule has 2 rings (SSSR count). The maximum Gasteiger partial charge on any atom is 0.414 e. The molecule has 5 heteroatoms. The number of alkyl halides is 3. The van der Waals surface area contributed by atoms with E-state index >= 15 is 0 Å². The molecule has 1 spiro atoms. The fourth-order valence-corrected chi connectivity index (χ4v) is 3.55. The lowest BCUT2D eigenvalue weighted by atomic mass is 9.55. The van der Waals surface area contributed by atoms with Gasteiger partial charge >= 0.3 is 6.18 Å². The number of hydrogen-bond acceptors (Lipinski definition) is 2. The van der Waals surface area contributed by atoms with Gasteiger partial charge in [0.2, 0.25) is 0 Å². The average Bonchev–Trinajstić information content (AvgIpc) is 2.33. The Morgan fingerprint density at radius 2 is 1.83 bits per heavy atom. The SMILES string of the molecule is CNC1CC(OC(C)C(F)(F)F)C12CCCCC2. The predicted octanol–water partition coefficient (Wildman–Crippen LogP) is 3.26. The van der Waals surface area contributed by atoms with Crippen LogP contribution < -0.4 is 5.32 Å². The van der Waals surface area contributed by atoms with Crippen molar-refractivity contribution in [2.24, 2.45) is 5.41 Å². The minimum Gasteiger partial charge on any atom is -0.365 e. The molecule has 0 aromatic rings. The van der Waals surface area contributed by atoms with Gasteiger partial charge in [0, 0.05) is 11.5 Å². The fraction of sp³-hybridized carbons (Fsp3) is 1.00. The van der Waals surface area contributed by atoms with E-state index in [1.54, 1.807) is 0 Å². The highest BCUT2D eigenvalue weighted by Crippen LogP contribution is 2.53. The smallest absolute Gasteiger partial charge is 0.365 e. The molecule has 3 unspecified atom stereocenters. The lowest BCUT2D eigenvalue weighted by Gasteiger charge is -2.58. The zero-order valence-corrected chi connectivity index (χ0v) is 11.0. The number of rotatable bonds is 3. The van der Waals surface area contributed by atoms with Crippen LogP contribution in [-0.2, 0) is 4.74 Å². The third-order valence-electron chi connectivity index (χ3n) is 4.75. The minimum absolute atomic E-state index is 0.0491. The quantitative estimate of drug-likeness (QED) is 0.845. The van der Waals surface area contributed by atoms with Crippen LogP contribution in [0.2, 0.25) is 0 Å². The summed E-state index contributed by atoms with van der Waals surface area (Å²) in [4.78, 5) is 0. The largest absolute Gasteiger partial charge is 0.414 e. The number of halogens is 3. The van der Waals surface area contributed by atoms with Crippen LogP contribution in [0, 0.1) is 5.41 Å². The second kappa shape index (κ2) is 5.00. The van der Waals surface area contributed by atoms with Crippen molar-refractivity contribution in [3.63, 3.8) is 0 Å². The van der Waals surface area contributed by atoms with Crippen molar-refractivity contribution < 1.29 is 17.9 Å². The van der Waals surface area contributed by atoms with E-state index in [4.69, 9.17) is 4.74 Å². The molecule has 2 saturated carbocycles. The van der Waals surface area contributed by atoms with E-state index in [0.717, 1.165) is 32.6 Å². The molecule has 0 aromatic heterocycles. The van der Waals surface area contributed by atoms with Gasteiger partial charge in [0.15, 0.2) is 6.10 Å².